The zero-order valence-corrected chi connectivity index (χ0v) is 25.3. The first kappa shape index (κ1) is 37.9. The minimum Gasteiger partial charge on any atom is -0.465 e. The quantitative estimate of drug-likeness (QED) is 0.221. The number of unbranched alkanes of at least 4 members (excludes halogenated alkanes) is 1. The number of hydrogen-bond donors (Lipinski definition) is 1. The standard InChI is InChI=1S/C14H22N2O4.C8H9ClN2O3.C5H13NO/c1-3-19-10-6-5-7-12-14(18)16(9-8-15-12)11-13(17)20-4-2;1-2-14-6(12)5-11-4-3-10-7(9)8(11)13;1-2-7-5-3-4-6/h8-9H,3-7,10-11H2,1-2H3;3-4H,2,5H2,1H3;2-6H2,1H3. The Hall–Kier alpha value is -3.13. The monoisotopic (exact) mass is 601 g/mol. The van der Waals surface area contributed by atoms with Gasteiger partial charge in [-0.1, -0.05) is 11.6 Å². The van der Waals surface area contributed by atoms with Gasteiger partial charge < -0.3 is 33.8 Å². The summed E-state index contributed by atoms with van der Waals surface area (Å²) in [5.74, 6) is -0.889. The fourth-order valence-electron chi connectivity index (χ4n) is 3.00. The van der Waals surface area contributed by atoms with Crippen LogP contribution in [0.15, 0.2) is 34.4 Å². The Morgan fingerprint density at radius 1 is 0.780 bits per heavy atom. The van der Waals surface area contributed by atoms with Crippen molar-refractivity contribution in [1.82, 2.24) is 19.1 Å². The van der Waals surface area contributed by atoms with Gasteiger partial charge in [0.25, 0.3) is 11.1 Å². The molecule has 232 valence electrons. The summed E-state index contributed by atoms with van der Waals surface area (Å²) < 4.78 is 22.2. The molecule has 41 heavy (non-hydrogen) atoms. The minimum atomic E-state index is -0.498. The number of hydrogen-bond acceptors (Lipinski definition) is 11. The highest BCUT2D eigenvalue weighted by atomic mass is 35.5. The molecular formula is C27H44ClN5O8. The lowest BCUT2D eigenvalue weighted by molar-refractivity contribution is -0.144. The SMILES string of the molecule is CCOC(=O)Cn1ccnc(Cl)c1=O.CCOCCCCc1nccn(CC(=O)OCC)c1=O.CCOCCCN. The van der Waals surface area contributed by atoms with Crippen molar-refractivity contribution in [2.24, 2.45) is 5.73 Å². The van der Waals surface area contributed by atoms with Gasteiger partial charge in [0.1, 0.15) is 18.8 Å². The second-order valence-corrected chi connectivity index (χ2v) is 8.42. The van der Waals surface area contributed by atoms with Crippen LogP contribution in [0.4, 0.5) is 0 Å². The number of esters is 2. The van der Waals surface area contributed by atoms with Crippen molar-refractivity contribution >= 4 is 23.5 Å². The van der Waals surface area contributed by atoms with Crippen LogP contribution in [-0.2, 0) is 48.0 Å². The summed E-state index contributed by atoms with van der Waals surface area (Å²) in [7, 11) is 0. The molecule has 0 saturated carbocycles. The Morgan fingerprint density at radius 3 is 1.80 bits per heavy atom. The van der Waals surface area contributed by atoms with Gasteiger partial charge in [0.2, 0.25) is 0 Å². The van der Waals surface area contributed by atoms with Crippen LogP contribution in [0.1, 0.15) is 52.7 Å². The first-order valence-electron chi connectivity index (χ1n) is 13.7. The Labute approximate surface area is 245 Å². The van der Waals surface area contributed by atoms with Crippen LogP contribution in [0.5, 0.6) is 0 Å². The van der Waals surface area contributed by atoms with Crippen molar-refractivity contribution in [3.63, 3.8) is 0 Å². The lowest BCUT2D eigenvalue weighted by Gasteiger charge is -2.07. The molecule has 0 bridgehead atoms. The molecular weight excluding hydrogens is 558 g/mol. The summed E-state index contributed by atoms with van der Waals surface area (Å²) >= 11 is 5.48. The third-order valence-corrected chi connectivity index (χ3v) is 5.18. The molecule has 2 aromatic heterocycles. The summed E-state index contributed by atoms with van der Waals surface area (Å²) in [5, 5.41) is -0.156. The molecule has 0 radical (unpaired) electrons. The molecule has 0 fully saturated rings. The maximum absolute atomic E-state index is 12.1. The van der Waals surface area contributed by atoms with E-state index in [0.717, 1.165) is 43.6 Å². The van der Waals surface area contributed by atoms with Gasteiger partial charge in [-0.05, 0) is 59.9 Å². The molecule has 0 spiro atoms. The number of nitrogens with two attached hydrogens (primary N) is 1. The van der Waals surface area contributed by atoms with E-state index in [1.165, 1.54) is 23.2 Å². The van der Waals surface area contributed by atoms with Gasteiger partial charge >= 0.3 is 11.9 Å². The molecule has 0 saturated heterocycles. The fourth-order valence-corrected chi connectivity index (χ4v) is 3.16. The fraction of sp³-hybridized carbons (Fsp3) is 0.630. The average molecular weight is 602 g/mol. The molecule has 0 unspecified atom stereocenters. The maximum atomic E-state index is 12.1. The first-order valence-corrected chi connectivity index (χ1v) is 14.0. The third kappa shape index (κ3) is 18.0. The van der Waals surface area contributed by atoms with E-state index in [1.807, 2.05) is 13.8 Å². The Bertz CT molecular complexity index is 1110. The molecule has 0 aromatic carbocycles. The number of carbonyl (C=O) groups is 2. The van der Waals surface area contributed by atoms with E-state index in [4.69, 9.17) is 31.5 Å². The van der Waals surface area contributed by atoms with E-state index in [-0.39, 0.29) is 30.4 Å². The van der Waals surface area contributed by atoms with Gasteiger partial charge in [-0.3, -0.25) is 24.2 Å². The maximum Gasteiger partial charge on any atom is 0.326 e. The third-order valence-electron chi connectivity index (χ3n) is 4.92. The molecule has 14 heteroatoms. The van der Waals surface area contributed by atoms with Crippen molar-refractivity contribution in [3.8, 4) is 0 Å². The van der Waals surface area contributed by atoms with Crippen LogP contribution in [0.2, 0.25) is 5.15 Å². The van der Waals surface area contributed by atoms with E-state index in [2.05, 4.69) is 14.7 Å². The highest BCUT2D eigenvalue weighted by Gasteiger charge is 2.09. The van der Waals surface area contributed by atoms with Gasteiger partial charge in [0.05, 0.1) is 13.2 Å². The van der Waals surface area contributed by atoms with Crippen molar-refractivity contribution in [1.29, 1.82) is 0 Å². The Morgan fingerprint density at radius 2 is 1.29 bits per heavy atom. The van der Waals surface area contributed by atoms with E-state index in [1.54, 1.807) is 20.0 Å². The minimum absolute atomic E-state index is 0.0683. The van der Waals surface area contributed by atoms with Gasteiger partial charge in [0, 0.05) is 51.2 Å². The Kier molecular flexibility index (Phi) is 22.8. The van der Waals surface area contributed by atoms with Gasteiger partial charge in [0.15, 0.2) is 5.15 Å². The van der Waals surface area contributed by atoms with Gasteiger partial charge in [-0.15, -0.1) is 0 Å². The molecule has 2 heterocycles. The number of aromatic nitrogens is 4. The van der Waals surface area contributed by atoms with E-state index < -0.39 is 17.5 Å². The lowest BCUT2D eigenvalue weighted by Crippen LogP contribution is -2.28. The molecule has 0 aliphatic rings. The van der Waals surface area contributed by atoms with Crippen molar-refractivity contribution in [2.45, 2.75) is 66.5 Å². The summed E-state index contributed by atoms with van der Waals surface area (Å²) in [6, 6.07) is 0. The zero-order chi connectivity index (χ0) is 30.9. The number of aryl methyl sites for hydroxylation is 1. The largest absolute Gasteiger partial charge is 0.465 e. The highest BCUT2D eigenvalue weighted by molar-refractivity contribution is 6.29. The van der Waals surface area contributed by atoms with Crippen LogP contribution in [0, 0.1) is 0 Å². The molecule has 2 aromatic rings. The van der Waals surface area contributed by atoms with E-state index in [9.17, 15) is 19.2 Å². The summed E-state index contributed by atoms with van der Waals surface area (Å²) in [5.41, 5.74) is 4.95. The van der Waals surface area contributed by atoms with Crippen molar-refractivity contribution in [2.75, 3.05) is 46.2 Å². The van der Waals surface area contributed by atoms with E-state index >= 15 is 0 Å². The lowest BCUT2D eigenvalue weighted by atomic mass is 10.2. The number of ether oxygens (including phenoxy) is 4. The number of nitrogens with zero attached hydrogens (tertiary/aromatic N) is 4. The van der Waals surface area contributed by atoms with Crippen LogP contribution in [0.3, 0.4) is 0 Å². The van der Waals surface area contributed by atoms with Crippen LogP contribution < -0.4 is 16.9 Å². The van der Waals surface area contributed by atoms with E-state index in [0.29, 0.717) is 31.9 Å². The molecule has 0 atom stereocenters. The van der Waals surface area contributed by atoms with Crippen LogP contribution in [0.25, 0.3) is 0 Å². The predicted molar refractivity (Wildman–Crippen MR) is 155 cm³/mol. The zero-order valence-electron chi connectivity index (χ0n) is 24.5. The molecule has 2 N–H and O–H groups in total. The first-order chi connectivity index (χ1) is 19.7. The molecule has 0 amide bonds. The van der Waals surface area contributed by atoms with Crippen LogP contribution >= 0.6 is 11.6 Å². The normalized spacial score (nSPS) is 10.1. The summed E-state index contributed by atoms with van der Waals surface area (Å²) in [6.07, 6.45) is 9.08. The van der Waals surface area contributed by atoms with Crippen molar-refractivity contribution in [3.05, 3.63) is 56.3 Å². The molecule has 13 nitrogen and oxygen atoms in total. The van der Waals surface area contributed by atoms with Gasteiger partial charge in [-0.25, -0.2) is 4.98 Å². The summed E-state index contributed by atoms with van der Waals surface area (Å²) in [6.45, 7) is 11.5. The average Bonchev–Trinajstić information content (AvgIpc) is 2.94. The summed E-state index contributed by atoms with van der Waals surface area (Å²) in [4.78, 5) is 53.4. The Balaban J connectivity index is 0.000000659. The number of halogens is 1. The number of rotatable bonds is 16. The smallest absolute Gasteiger partial charge is 0.326 e. The predicted octanol–water partition coefficient (Wildman–Crippen LogP) is 2.00. The molecule has 2 rings (SSSR count). The van der Waals surface area contributed by atoms with Crippen LogP contribution in [-0.4, -0.2) is 77.2 Å². The second-order valence-electron chi connectivity index (χ2n) is 8.06. The molecule has 0 aliphatic carbocycles. The second kappa shape index (κ2) is 24.6. The highest BCUT2D eigenvalue weighted by Crippen LogP contribution is 1.98. The van der Waals surface area contributed by atoms with Gasteiger partial charge in [-0.2, -0.15) is 0 Å². The topological polar surface area (TPSA) is 167 Å². The molecule has 0 aliphatic heterocycles. The van der Waals surface area contributed by atoms with Crippen molar-refractivity contribution < 1.29 is 28.5 Å². The number of carbonyl (C=O) groups excluding carboxylic acids is 2.